The fourth-order valence-electron chi connectivity index (χ4n) is 2.13. The predicted octanol–water partition coefficient (Wildman–Crippen LogP) is 3.91. The van der Waals surface area contributed by atoms with Crippen LogP contribution in [0.15, 0.2) is 40.7 Å². The Morgan fingerprint density at radius 3 is 2.79 bits per heavy atom. The molecule has 0 saturated heterocycles. The Labute approximate surface area is 144 Å². The van der Waals surface area contributed by atoms with Gasteiger partial charge in [0, 0.05) is 17.0 Å². The van der Waals surface area contributed by atoms with Gasteiger partial charge in [0.05, 0.1) is 13.1 Å². The standard InChI is InChI=1S/C17H21F2N3OS/c1-3-20-17(22-11-14-5-4-8-24-14)21-10-13-9-12(2)6-7-15(13)23-16(18)19/h4-9,16H,3,10-11H2,1-2H3,(H2,20,21,22). The van der Waals surface area contributed by atoms with Gasteiger partial charge < -0.3 is 15.4 Å². The third kappa shape index (κ3) is 5.81. The number of rotatable bonds is 7. The Morgan fingerprint density at radius 2 is 2.12 bits per heavy atom. The summed E-state index contributed by atoms with van der Waals surface area (Å²) in [5.74, 6) is 0.795. The molecule has 4 nitrogen and oxygen atoms in total. The second kappa shape index (κ2) is 9.22. The van der Waals surface area contributed by atoms with Gasteiger partial charge in [-0.1, -0.05) is 23.8 Å². The maximum absolute atomic E-state index is 12.5. The summed E-state index contributed by atoms with van der Waals surface area (Å²) in [6, 6.07) is 9.14. The Morgan fingerprint density at radius 1 is 1.29 bits per heavy atom. The van der Waals surface area contributed by atoms with Gasteiger partial charge in [-0.3, -0.25) is 0 Å². The fraction of sp³-hybridized carbons (Fsp3) is 0.353. The lowest BCUT2D eigenvalue weighted by atomic mass is 10.1. The number of halogens is 2. The number of hydrogen-bond acceptors (Lipinski definition) is 3. The molecule has 2 N–H and O–H groups in total. The topological polar surface area (TPSA) is 45.7 Å². The van der Waals surface area contributed by atoms with E-state index in [9.17, 15) is 8.78 Å². The van der Waals surface area contributed by atoms with Gasteiger partial charge in [0.25, 0.3) is 0 Å². The lowest BCUT2D eigenvalue weighted by Crippen LogP contribution is -2.36. The molecule has 0 atom stereocenters. The number of thiophene rings is 1. The molecule has 1 aromatic heterocycles. The van der Waals surface area contributed by atoms with Gasteiger partial charge in [-0.05, 0) is 31.4 Å². The molecule has 1 aromatic carbocycles. The van der Waals surface area contributed by atoms with Crippen LogP contribution in [0.3, 0.4) is 0 Å². The van der Waals surface area contributed by atoms with Crippen LogP contribution in [0, 0.1) is 6.92 Å². The quantitative estimate of drug-likeness (QED) is 0.586. The van der Waals surface area contributed by atoms with Crippen molar-refractivity contribution in [2.24, 2.45) is 4.99 Å². The molecule has 0 spiro atoms. The minimum absolute atomic E-state index is 0.161. The summed E-state index contributed by atoms with van der Waals surface area (Å²) < 4.78 is 29.6. The first-order chi connectivity index (χ1) is 11.6. The first-order valence-corrected chi connectivity index (χ1v) is 8.55. The summed E-state index contributed by atoms with van der Waals surface area (Å²) in [6.07, 6.45) is 0. The number of ether oxygens (including phenoxy) is 1. The molecule has 0 aliphatic rings. The molecule has 130 valence electrons. The summed E-state index contributed by atoms with van der Waals surface area (Å²) in [7, 11) is 0. The zero-order chi connectivity index (χ0) is 17.4. The normalized spacial score (nSPS) is 11.6. The Kier molecular flexibility index (Phi) is 6.99. The van der Waals surface area contributed by atoms with E-state index in [1.165, 1.54) is 4.88 Å². The van der Waals surface area contributed by atoms with Crippen LogP contribution >= 0.6 is 11.3 Å². The Bertz CT molecular complexity index is 660. The maximum Gasteiger partial charge on any atom is 0.387 e. The Balaban J connectivity index is 2.08. The molecular weight excluding hydrogens is 332 g/mol. The van der Waals surface area contributed by atoms with E-state index in [0.717, 1.165) is 5.56 Å². The van der Waals surface area contributed by atoms with Crippen molar-refractivity contribution < 1.29 is 13.5 Å². The highest BCUT2D eigenvalue weighted by molar-refractivity contribution is 7.09. The van der Waals surface area contributed by atoms with Crippen molar-refractivity contribution in [1.29, 1.82) is 0 Å². The van der Waals surface area contributed by atoms with E-state index in [2.05, 4.69) is 20.4 Å². The van der Waals surface area contributed by atoms with E-state index in [1.807, 2.05) is 37.4 Å². The van der Waals surface area contributed by atoms with Gasteiger partial charge in [-0.2, -0.15) is 8.78 Å². The second-order valence-electron chi connectivity index (χ2n) is 5.12. The van der Waals surface area contributed by atoms with Crippen molar-refractivity contribution in [1.82, 2.24) is 10.6 Å². The first-order valence-electron chi connectivity index (χ1n) is 7.67. The summed E-state index contributed by atoms with van der Waals surface area (Å²) in [5.41, 5.74) is 1.60. The van der Waals surface area contributed by atoms with Crippen LogP contribution < -0.4 is 15.4 Å². The summed E-state index contributed by atoms with van der Waals surface area (Å²) >= 11 is 1.66. The number of alkyl halides is 2. The Hall–Kier alpha value is -2.15. The highest BCUT2D eigenvalue weighted by Gasteiger charge is 2.10. The minimum atomic E-state index is -2.85. The van der Waals surface area contributed by atoms with Gasteiger partial charge in [0.1, 0.15) is 5.75 Å². The van der Waals surface area contributed by atoms with Crippen LogP contribution in [0.1, 0.15) is 22.9 Å². The molecule has 7 heteroatoms. The van der Waals surface area contributed by atoms with Gasteiger partial charge in [-0.25, -0.2) is 4.99 Å². The molecule has 0 amide bonds. The summed E-state index contributed by atoms with van der Waals surface area (Å²) in [6.45, 7) is 2.66. The van der Waals surface area contributed by atoms with Gasteiger partial charge in [-0.15, -0.1) is 11.3 Å². The average Bonchev–Trinajstić information content (AvgIpc) is 3.05. The molecule has 0 radical (unpaired) electrons. The fourth-order valence-corrected chi connectivity index (χ4v) is 2.78. The van der Waals surface area contributed by atoms with E-state index in [4.69, 9.17) is 0 Å². The molecule has 24 heavy (non-hydrogen) atoms. The van der Waals surface area contributed by atoms with Crippen LogP contribution in [-0.2, 0) is 13.1 Å². The second-order valence-corrected chi connectivity index (χ2v) is 6.15. The van der Waals surface area contributed by atoms with Crippen molar-refractivity contribution >= 4 is 17.3 Å². The monoisotopic (exact) mass is 353 g/mol. The molecule has 2 rings (SSSR count). The number of nitrogens with zero attached hydrogens (tertiary/aromatic N) is 1. The third-order valence-corrected chi connectivity index (χ3v) is 4.07. The van der Waals surface area contributed by atoms with Gasteiger partial charge in [0.2, 0.25) is 0 Å². The van der Waals surface area contributed by atoms with E-state index in [1.54, 1.807) is 23.5 Å². The van der Waals surface area contributed by atoms with Crippen molar-refractivity contribution in [3.05, 3.63) is 51.7 Å². The SMILES string of the molecule is CCNC(=NCc1cc(C)ccc1OC(F)F)NCc1cccs1. The average molecular weight is 353 g/mol. The van der Waals surface area contributed by atoms with Gasteiger partial charge in [0.15, 0.2) is 5.96 Å². The number of nitrogens with one attached hydrogen (secondary N) is 2. The number of benzene rings is 1. The number of aliphatic imine (C=N–C) groups is 1. The van der Waals surface area contributed by atoms with Crippen LogP contribution in [-0.4, -0.2) is 19.1 Å². The van der Waals surface area contributed by atoms with E-state index >= 15 is 0 Å². The zero-order valence-electron chi connectivity index (χ0n) is 13.7. The zero-order valence-corrected chi connectivity index (χ0v) is 14.5. The predicted molar refractivity (Wildman–Crippen MR) is 93.8 cm³/mol. The molecular formula is C17H21F2N3OS. The molecule has 0 unspecified atom stereocenters. The number of aryl methyl sites for hydroxylation is 1. The van der Waals surface area contributed by atoms with E-state index < -0.39 is 6.61 Å². The molecule has 0 fully saturated rings. The van der Waals surface area contributed by atoms with Crippen molar-refractivity contribution in [3.63, 3.8) is 0 Å². The van der Waals surface area contributed by atoms with Crippen molar-refractivity contribution in [2.45, 2.75) is 33.5 Å². The summed E-state index contributed by atoms with van der Waals surface area (Å²) in [5, 5.41) is 8.39. The maximum atomic E-state index is 12.5. The minimum Gasteiger partial charge on any atom is -0.434 e. The first kappa shape index (κ1) is 18.2. The van der Waals surface area contributed by atoms with Crippen molar-refractivity contribution in [2.75, 3.05) is 6.54 Å². The van der Waals surface area contributed by atoms with E-state index in [-0.39, 0.29) is 12.3 Å². The van der Waals surface area contributed by atoms with Crippen LogP contribution in [0.2, 0.25) is 0 Å². The molecule has 0 saturated carbocycles. The lowest BCUT2D eigenvalue weighted by Gasteiger charge is -2.13. The largest absolute Gasteiger partial charge is 0.434 e. The number of guanidine groups is 1. The molecule has 1 heterocycles. The molecule has 0 bridgehead atoms. The smallest absolute Gasteiger partial charge is 0.387 e. The highest BCUT2D eigenvalue weighted by atomic mass is 32.1. The third-order valence-electron chi connectivity index (χ3n) is 3.19. The van der Waals surface area contributed by atoms with Crippen molar-refractivity contribution in [3.8, 4) is 5.75 Å². The summed E-state index contributed by atoms with van der Waals surface area (Å²) in [4.78, 5) is 5.66. The highest BCUT2D eigenvalue weighted by Crippen LogP contribution is 2.22. The number of hydrogen-bond donors (Lipinski definition) is 2. The molecule has 0 aliphatic carbocycles. The van der Waals surface area contributed by atoms with Crippen LogP contribution in [0.25, 0.3) is 0 Å². The lowest BCUT2D eigenvalue weighted by molar-refractivity contribution is -0.0504. The molecule has 0 aliphatic heterocycles. The van der Waals surface area contributed by atoms with Crippen LogP contribution in [0.5, 0.6) is 5.75 Å². The molecule has 2 aromatic rings. The van der Waals surface area contributed by atoms with E-state index in [0.29, 0.717) is 24.6 Å². The van der Waals surface area contributed by atoms with Gasteiger partial charge >= 0.3 is 6.61 Å². The van der Waals surface area contributed by atoms with Crippen LogP contribution in [0.4, 0.5) is 8.78 Å².